The fraction of sp³-hybridized carbons (Fsp3) is 0.941. The van der Waals surface area contributed by atoms with Crippen molar-refractivity contribution in [3.63, 3.8) is 0 Å². The molecule has 0 aliphatic carbocycles. The summed E-state index contributed by atoms with van der Waals surface area (Å²) >= 11 is 7.10. The molecule has 0 bridgehead atoms. The van der Waals surface area contributed by atoms with E-state index in [9.17, 15) is 0 Å². The zero-order chi connectivity index (χ0) is 15.2. The summed E-state index contributed by atoms with van der Waals surface area (Å²) < 4.78 is 6.55. The molecule has 0 amide bonds. The minimum absolute atomic E-state index is 0. The summed E-state index contributed by atoms with van der Waals surface area (Å²) in [6, 6.07) is 0. The number of hydrogen-bond acceptors (Lipinski definition) is 3. The molecule has 0 aliphatic heterocycles. The molecule has 0 heterocycles. The second-order valence-corrected chi connectivity index (χ2v) is 7.33. The largest absolute Gasteiger partial charge is 0.478 e. The van der Waals surface area contributed by atoms with Crippen molar-refractivity contribution in [3.8, 4) is 0 Å². The van der Waals surface area contributed by atoms with Gasteiger partial charge in [-0.15, -0.1) is 0 Å². The van der Waals surface area contributed by atoms with Gasteiger partial charge in [0, 0.05) is 25.2 Å². The average Bonchev–Trinajstić information content (AvgIpc) is 2.47. The third-order valence-electron chi connectivity index (χ3n) is 3.96. The molecule has 0 spiro atoms. The first-order chi connectivity index (χ1) is 9.67. The summed E-state index contributed by atoms with van der Waals surface area (Å²) in [7, 11) is 0. The zero-order valence-electron chi connectivity index (χ0n) is 14.7. The molecule has 1 nitrogen and oxygen atoms in total. The molecular formula is C17H34OS2Zn. The molecule has 0 aromatic rings. The Labute approximate surface area is 155 Å². The summed E-state index contributed by atoms with van der Waals surface area (Å²) in [4.78, 5) is 0. The van der Waals surface area contributed by atoms with Gasteiger partial charge in [0.15, 0.2) is 0 Å². The van der Waals surface area contributed by atoms with Crippen molar-refractivity contribution in [3.05, 3.63) is 0 Å². The Morgan fingerprint density at radius 2 is 1.48 bits per heavy atom. The van der Waals surface area contributed by atoms with Gasteiger partial charge in [-0.3, -0.25) is 0 Å². The number of ether oxygens (including phenoxy) is 1. The van der Waals surface area contributed by atoms with E-state index < -0.39 is 0 Å². The van der Waals surface area contributed by atoms with Gasteiger partial charge >= 0.3 is 0 Å². The molecule has 0 aromatic heterocycles. The van der Waals surface area contributed by atoms with Crippen molar-refractivity contribution >= 4 is 28.4 Å². The second-order valence-electron chi connectivity index (χ2n) is 5.71. The van der Waals surface area contributed by atoms with Crippen molar-refractivity contribution in [2.24, 2.45) is 11.8 Å². The standard InChI is InChI=1S/C17H34OS2.Zn/c1-5-9-11-15(7-3)13-18-17(19)20-14-16(8-4)12-10-6-2;/h15-16H,5-14H2,1-4H3;. The van der Waals surface area contributed by atoms with E-state index in [4.69, 9.17) is 17.0 Å². The minimum Gasteiger partial charge on any atom is -0.478 e. The van der Waals surface area contributed by atoms with Gasteiger partial charge in [-0.1, -0.05) is 78.0 Å². The molecule has 2 atom stereocenters. The molecule has 4 heteroatoms. The van der Waals surface area contributed by atoms with Gasteiger partial charge in [-0.25, -0.2) is 0 Å². The first-order valence-corrected chi connectivity index (χ1v) is 9.86. The monoisotopic (exact) mass is 382 g/mol. The molecule has 0 rings (SSSR count). The quantitative estimate of drug-likeness (QED) is 0.283. The summed E-state index contributed by atoms with van der Waals surface area (Å²) in [6.07, 6.45) is 10.2. The molecule has 0 radical (unpaired) electrons. The normalized spacial score (nSPS) is 13.3. The first kappa shape index (κ1) is 24.1. The molecule has 0 fully saturated rings. The second kappa shape index (κ2) is 17.2. The van der Waals surface area contributed by atoms with Crippen LogP contribution in [-0.2, 0) is 24.2 Å². The van der Waals surface area contributed by atoms with Crippen LogP contribution in [0.5, 0.6) is 0 Å². The number of thiocarbonyl (C=S) groups is 1. The molecule has 21 heavy (non-hydrogen) atoms. The van der Waals surface area contributed by atoms with Crippen LogP contribution >= 0.6 is 24.0 Å². The predicted octanol–water partition coefficient (Wildman–Crippen LogP) is 6.45. The van der Waals surface area contributed by atoms with Gasteiger partial charge in [0.25, 0.3) is 0 Å². The Hall–Kier alpha value is 0.863. The van der Waals surface area contributed by atoms with Gasteiger partial charge in [0.1, 0.15) is 0 Å². The van der Waals surface area contributed by atoms with Crippen LogP contribution in [0.1, 0.15) is 79.1 Å². The van der Waals surface area contributed by atoms with Crippen molar-refractivity contribution in [1.82, 2.24) is 0 Å². The average molecular weight is 384 g/mol. The smallest absolute Gasteiger partial charge is 0.219 e. The predicted molar refractivity (Wildman–Crippen MR) is 97.6 cm³/mol. The van der Waals surface area contributed by atoms with Crippen molar-refractivity contribution in [2.45, 2.75) is 79.1 Å². The third kappa shape index (κ3) is 14.2. The Balaban J connectivity index is 0. The fourth-order valence-electron chi connectivity index (χ4n) is 2.21. The topological polar surface area (TPSA) is 9.23 Å². The number of thioether (sulfide) groups is 1. The van der Waals surface area contributed by atoms with Crippen molar-refractivity contribution in [1.29, 1.82) is 0 Å². The molecule has 0 saturated heterocycles. The van der Waals surface area contributed by atoms with Crippen molar-refractivity contribution in [2.75, 3.05) is 12.4 Å². The van der Waals surface area contributed by atoms with E-state index in [1.807, 2.05) is 0 Å². The van der Waals surface area contributed by atoms with E-state index in [1.165, 1.54) is 51.4 Å². The van der Waals surface area contributed by atoms with Crippen LogP contribution in [0.15, 0.2) is 0 Å². The Morgan fingerprint density at radius 1 is 0.952 bits per heavy atom. The van der Waals surface area contributed by atoms with Crippen molar-refractivity contribution < 1.29 is 24.2 Å². The third-order valence-corrected chi connectivity index (χ3v) is 5.42. The fourth-order valence-corrected chi connectivity index (χ4v) is 3.41. The first-order valence-electron chi connectivity index (χ1n) is 8.47. The number of unbranched alkanes of at least 4 members (excludes halogenated alkanes) is 2. The van der Waals surface area contributed by atoms with Gasteiger partial charge < -0.3 is 4.74 Å². The Bertz CT molecular complexity index is 215. The summed E-state index contributed by atoms with van der Waals surface area (Å²) in [5.74, 6) is 2.60. The van der Waals surface area contributed by atoms with E-state index in [1.54, 1.807) is 11.8 Å². The Morgan fingerprint density at radius 3 is 1.95 bits per heavy atom. The Kier molecular flexibility index (Phi) is 19.8. The molecule has 0 aromatic carbocycles. The van der Waals surface area contributed by atoms with Gasteiger partial charge in [0.05, 0.1) is 6.61 Å². The summed E-state index contributed by atoms with van der Waals surface area (Å²) in [6.45, 7) is 9.85. The van der Waals surface area contributed by atoms with Crippen LogP contribution in [0.4, 0.5) is 0 Å². The van der Waals surface area contributed by atoms with E-state index in [0.717, 1.165) is 22.7 Å². The summed E-state index contributed by atoms with van der Waals surface area (Å²) in [5.41, 5.74) is 0. The molecule has 0 aliphatic rings. The maximum absolute atomic E-state index is 5.79. The van der Waals surface area contributed by atoms with Crippen LogP contribution in [0.2, 0.25) is 0 Å². The minimum atomic E-state index is 0. The van der Waals surface area contributed by atoms with Crippen LogP contribution in [0.25, 0.3) is 0 Å². The molecular weight excluding hydrogens is 350 g/mol. The van der Waals surface area contributed by atoms with Gasteiger partial charge in [-0.05, 0) is 36.9 Å². The van der Waals surface area contributed by atoms with Gasteiger partial charge in [-0.2, -0.15) is 0 Å². The molecule has 122 valence electrons. The van der Waals surface area contributed by atoms with Gasteiger partial charge in [0.2, 0.25) is 4.38 Å². The maximum Gasteiger partial charge on any atom is 0.219 e. The van der Waals surface area contributed by atoms with E-state index >= 15 is 0 Å². The summed E-state index contributed by atoms with van der Waals surface area (Å²) in [5, 5.41) is 0. The zero-order valence-corrected chi connectivity index (χ0v) is 19.3. The number of rotatable bonds is 12. The van der Waals surface area contributed by atoms with Crippen LogP contribution in [0, 0.1) is 11.8 Å². The molecule has 2 unspecified atom stereocenters. The van der Waals surface area contributed by atoms with Crippen LogP contribution < -0.4 is 0 Å². The van der Waals surface area contributed by atoms with E-state index in [2.05, 4.69) is 27.7 Å². The van der Waals surface area contributed by atoms with Crippen LogP contribution in [0.3, 0.4) is 0 Å². The molecule has 0 N–H and O–H groups in total. The van der Waals surface area contributed by atoms with E-state index in [0.29, 0.717) is 5.92 Å². The van der Waals surface area contributed by atoms with Crippen LogP contribution in [-0.4, -0.2) is 16.7 Å². The van der Waals surface area contributed by atoms with E-state index in [-0.39, 0.29) is 19.5 Å². The maximum atomic E-state index is 5.79. The molecule has 0 saturated carbocycles. The number of hydrogen-bond donors (Lipinski definition) is 0. The SMILES string of the molecule is CCCCC(CC)COC(=S)SCC(CC)CCCC.[Zn].